The number of rotatable bonds is 5. The van der Waals surface area contributed by atoms with Gasteiger partial charge < -0.3 is 15.4 Å². The zero-order valence-corrected chi connectivity index (χ0v) is 12.7. The number of hydrogen-bond acceptors (Lipinski definition) is 3. The molecule has 0 radical (unpaired) electrons. The summed E-state index contributed by atoms with van der Waals surface area (Å²) >= 11 is 5.99. The molecule has 0 saturated carbocycles. The molecule has 20 heavy (non-hydrogen) atoms. The van der Waals surface area contributed by atoms with Crippen LogP contribution in [0.1, 0.15) is 20.8 Å². The van der Waals surface area contributed by atoms with Crippen molar-refractivity contribution in [3.8, 4) is 5.75 Å². The number of carbonyl (C=O) groups excluding carboxylic acids is 2. The Morgan fingerprint density at radius 2 is 1.95 bits per heavy atom. The van der Waals surface area contributed by atoms with Gasteiger partial charge in [-0.25, -0.2) is 0 Å². The molecular weight excluding hydrogens is 280 g/mol. The molecule has 0 bridgehead atoms. The van der Waals surface area contributed by atoms with E-state index >= 15 is 0 Å². The quantitative estimate of drug-likeness (QED) is 0.877. The molecule has 0 spiro atoms. The molecule has 2 amide bonds. The Bertz CT molecular complexity index is 503. The zero-order valence-electron chi connectivity index (χ0n) is 12.0. The third-order valence-electron chi connectivity index (χ3n) is 2.73. The average Bonchev–Trinajstić information content (AvgIpc) is 2.35. The fourth-order valence-electron chi connectivity index (χ4n) is 1.72. The van der Waals surface area contributed by atoms with Crippen LogP contribution in [0.3, 0.4) is 0 Å². The molecule has 110 valence electrons. The van der Waals surface area contributed by atoms with E-state index in [2.05, 4.69) is 10.6 Å². The van der Waals surface area contributed by atoms with Gasteiger partial charge in [0.25, 0.3) is 0 Å². The number of hydrogen-bond donors (Lipinski definition) is 2. The van der Waals surface area contributed by atoms with Crippen LogP contribution < -0.4 is 15.4 Å². The number of nitrogens with one attached hydrogen (secondary N) is 2. The molecule has 6 heteroatoms. The van der Waals surface area contributed by atoms with Crippen LogP contribution in [0, 0.1) is 5.92 Å². The van der Waals surface area contributed by atoms with E-state index in [1.807, 2.05) is 13.8 Å². The van der Waals surface area contributed by atoms with Crippen molar-refractivity contribution in [3.05, 3.63) is 23.2 Å². The molecule has 0 aliphatic rings. The van der Waals surface area contributed by atoms with Gasteiger partial charge in [0.15, 0.2) is 0 Å². The van der Waals surface area contributed by atoms with Crippen LogP contribution in [0.15, 0.2) is 18.2 Å². The highest BCUT2D eigenvalue weighted by Crippen LogP contribution is 2.27. The van der Waals surface area contributed by atoms with Crippen molar-refractivity contribution in [2.24, 2.45) is 5.92 Å². The molecular formula is C14H19ClN2O3. The summed E-state index contributed by atoms with van der Waals surface area (Å²) in [7, 11) is 1.52. The molecule has 0 heterocycles. The summed E-state index contributed by atoms with van der Waals surface area (Å²) in [5.74, 6) is -0.0115. The second-order valence-electron chi connectivity index (χ2n) is 4.76. The number of carbonyl (C=O) groups is 2. The molecule has 0 aromatic heterocycles. The van der Waals surface area contributed by atoms with Gasteiger partial charge in [-0.15, -0.1) is 0 Å². The van der Waals surface area contributed by atoms with E-state index in [0.29, 0.717) is 16.5 Å². The van der Waals surface area contributed by atoms with E-state index in [1.54, 1.807) is 18.2 Å². The molecule has 5 nitrogen and oxygen atoms in total. The highest BCUT2D eigenvalue weighted by molar-refractivity contribution is 6.32. The normalized spacial score (nSPS) is 11.9. The van der Waals surface area contributed by atoms with Crippen LogP contribution in [0.25, 0.3) is 0 Å². The van der Waals surface area contributed by atoms with Crippen molar-refractivity contribution in [3.63, 3.8) is 0 Å². The first-order valence-corrected chi connectivity index (χ1v) is 6.64. The minimum absolute atomic E-state index is 0.0207. The maximum absolute atomic E-state index is 12.2. The topological polar surface area (TPSA) is 67.4 Å². The van der Waals surface area contributed by atoms with Crippen LogP contribution in [0.2, 0.25) is 5.02 Å². The van der Waals surface area contributed by atoms with Gasteiger partial charge in [-0.2, -0.15) is 0 Å². The first kappa shape index (κ1) is 16.3. The van der Waals surface area contributed by atoms with Gasteiger partial charge in [0.2, 0.25) is 11.8 Å². The number of anilines is 1. The van der Waals surface area contributed by atoms with E-state index in [-0.39, 0.29) is 17.7 Å². The van der Waals surface area contributed by atoms with Crippen molar-refractivity contribution in [1.29, 1.82) is 0 Å². The molecule has 0 saturated heterocycles. The van der Waals surface area contributed by atoms with Gasteiger partial charge >= 0.3 is 0 Å². The lowest BCUT2D eigenvalue weighted by Crippen LogP contribution is -2.46. The minimum atomic E-state index is -0.589. The van der Waals surface area contributed by atoms with Crippen LogP contribution in [-0.4, -0.2) is 25.0 Å². The summed E-state index contributed by atoms with van der Waals surface area (Å²) in [5.41, 5.74) is 0.553. The highest BCUT2D eigenvalue weighted by atomic mass is 35.5. The molecule has 0 aliphatic heterocycles. The molecule has 0 aliphatic carbocycles. The fourth-order valence-corrected chi connectivity index (χ4v) is 1.98. The summed E-state index contributed by atoms with van der Waals surface area (Å²) in [4.78, 5) is 23.3. The van der Waals surface area contributed by atoms with Gasteiger partial charge in [-0.1, -0.05) is 25.4 Å². The van der Waals surface area contributed by atoms with Crippen LogP contribution in [-0.2, 0) is 9.59 Å². The van der Waals surface area contributed by atoms with Crippen molar-refractivity contribution in [1.82, 2.24) is 5.32 Å². The zero-order chi connectivity index (χ0) is 15.3. The van der Waals surface area contributed by atoms with Crippen molar-refractivity contribution < 1.29 is 14.3 Å². The summed E-state index contributed by atoms with van der Waals surface area (Å²) in [6, 6.07) is 4.37. The maximum Gasteiger partial charge on any atom is 0.247 e. The average molecular weight is 299 g/mol. The van der Waals surface area contributed by atoms with E-state index in [0.717, 1.165) is 0 Å². The maximum atomic E-state index is 12.2. The number of halogens is 1. The van der Waals surface area contributed by atoms with Crippen LogP contribution in [0.4, 0.5) is 5.69 Å². The number of ether oxygens (including phenoxy) is 1. The number of amides is 2. The Morgan fingerprint density at radius 1 is 1.30 bits per heavy atom. The Kier molecular flexibility index (Phi) is 5.82. The summed E-state index contributed by atoms with van der Waals surface area (Å²) in [6.07, 6.45) is 0. The minimum Gasteiger partial charge on any atom is -0.495 e. The van der Waals surface area contributed by atoms with E-state index in [9.17, 15) is 9.59 Å². The second kappa shape index (κ2) is 7.14. The van der Waals surface area contributed by atoms with E-state index in [4.69, 9.17) is 16.3 Å². The number of methoxy groups -OCH3 is 1. The Hall–Kier alpha value is -1.75. The number of benzene rings is 1. The SMILES string of the molecule is COc1ccc(NC(=O)C(NC(C)=O)C(C)C)cc1Cl. The standard InChI is InChI=1S/C14H19ClN2O3/c1-8(2)13(16-9(3)18)14(19)17-10-5-6-12(20-4)11(15)7-10/h5-8,13H,1-4H3,(H,16,18)(H,17,19). The summed E-state index contributed by atoms with van der Waals surface area (Å²) in [6.45, 7) is 5.11. The lowest BCUT2D eigenvalue weighted by atomic mass is 10.0. The predicted molar refractivity (Wildman–Crippen MR) is 79.1 cm³/mol. The van der Waals surface area contributed by atoms with Crippen LogP contribution in [0.5, 0.6) is 5.75 Å². The van der Waals surface area contributed by atoms with Gasteiger partial charge in [-0.05, 0) is 24.1 Å². The Balaban J connectivity index is 2.82. The fraction of sp³-hybridized carbons (Fsp3) is 0.429. The second-order valence-corrected chi connectivity index (χ2v) is 5.17. The molecule has 1 unspecified atom stereocenters. The predicted octanol–water partition coefficient (Wildman–Crippen LogP) is 2.45. The third kappa shape index (κ3) is 4.42. The van der Waals surface area contributed by atoms with Crippen molar-refractivity contribution in [2.45, 2.75) is 26.8 Å². The first-order valence-electron chi connectivity index (χ1n) is 6.26. The molecule has 1 aromatic rings. The molecule has 2 N–H and O–H groups in total. The van der Waals surface area contributed by atoms with Crippen LogP contribution >= 0.6 is 11.6 Å². The first-order chi connectivity index (χ1) is 9.35. The highest BCUT2D eigenvalue weighted by Gasteiger charge is 2.23. The monoisotopic (exact) mass is 298 g/mol. The molecule has 1 rings (SSSR count). The lowest BCUT2D eigenvalue weighted by molar-refractivity contribution is -0.126. The van der Waals surface area contributed by atoms with Gasteiger partial charge in [0.05, 0.1) is 12.1 Å². The van der Waals surface area contributed by atoms with Gasteiger partial charge in [0.1, 0.15) is 11.8 Å². The Morgan fingerprint density at radius 3 is 2.40 bits per heavy atom. The van der Waals surface area contributed by atoms with E-state index in [1.165, 1.54) is 14.0 Å². The van der Waals surface area contributed by atoms with Gasteiger partial charge in [-0.3, -0.25) is 9.59 Å². The lowest BCUT2D eigenvalue weighted by Gasteiger charge is -2.21. The third-order valence-corrected chi connectivity index (χ3v) is 3.02. The molecule has 1 aromatic carbocycles. The molecule has 1 atom stereocenters. The Labute approximate surface area is 123 Å². The van der Waals surface area contributed by atoms with E-state index < -0.39 is 6.04 Å². The smallest absolute Gasteiger partial charge is 0.247 e. The van der Waals surface area contributed by atoms with Crippen molar-refractivity contribution in [2.75, 3.05) is 12.4 Å². The molecule has 0 fully saturated rings. The summed E-state index contributed by atoms with van der Waals surface area (Å²) in [5, 5.41) is 5.76. The van der Waals surface area contributed by atoms with Crippen molar-refractivity contribution >= 4 is 29.1 Å². The largest absolute Gasteiger partial charge is 0.495 e. The van der Waals surface area contributed by atoms with Gasteiger partial charge in [0, 0.05) is 12.6 Å². The summed E-state index contributed by atoms with van der Waals surface area (Å²) < 4.78 is 5.04.